The van der Waals surface area contributed by atoms with Crippen LogP contribution in [-0.2, 0) is 0 Å². The summed E-state index contributed by atoms with van der Waals surface area (Å²) >= 11 is 7.80. The third-order valence-electron chi connectivity index (χ3n) is 2.28. The molecule has 76 valence electrons. The van der Waals surface area contributed by atoms with Gasteiger partial charge in [-0.2, -0.15) is 0 Å². The molecular weight excluding hydrogens is 216 g/mol. The molecule has 1 heterocycles. The number of aromatic nitrogens is 2. The summed E-state index contributed by atoms with van der Waals surface area (Å²) in [5.74, 6) is 2.54. The van der Waals surface area contributed by atoms with Crippen LogP contribution in [-0.4, -0.2) is 15.7 Å². The molecule has 0 aromatic carbocycles. The summed E-state index contributed by atoms with van der Waals surface area (Å²) in [5, 5.41) is 1.67. The first-order valence-corrected chi connectivity index (χ1v) is 6.25. The normalized spacial score (nSPS) is 15.9. The predicted octanol–water partition coefficient (Wildman–Crippen LogP) is 3.43. The first kappa shape index (κ1) is 10.2. The van der Waals surface area contributed by atoms with E-state index in [1.54, 1.807) is 11.8 Å². The zero-order valence-corrected chi connectivity index (χ0v) is 9.95. The average Bonchev–Trinajstić information content (AvgIpc) is 2.96. The van der Waals surface area contributed by atoms with Gasteiger partial charge in [-0.15, -0.1) is 11.8 Å². The van der Waals surface area contributed by atoms with Gasteiger partial charge < -0.3 is 0 Å². The van der Waals surface area contributed by atoms with E-state index >= 15 is 0 Å². The molecule has 2 rings (SSSR count). The summed E-state index contributed by atoms with van der Waals surface area (Å²) in [6.45, 7) is 4.11. The second kappa shape index (κ2) is 4.07. The lowest BCUT2D eigenvalue weighted by molar-refractivity contribution is 0.862. The van der Waals surface area contributed by atoms with Gasteiger partial charge in [0.15, 0.2) is 0 Å². The molecule has 1 aliphatic rings. The second-order valence-electron chi connectivity index (χ2n) is 3.51. The number of thioether (sulfide) groups is 1. The summed E-state index contributed by atoms with van der Waals surface area (Å²) < 4.78 is 0. The van der Waals surface area contributed by atoms with E-state index in [2.05, 4.69) is 16.9 Å². The molecule has 0 atom stereocenters. The maximum absolute atomic E-state index is 6.06. The highest BCUT2D eigenvalue weighted by Crippen LogP contribution is 2.39. The van der Waals surface area contributed by atoms with Crippen molar-refractivity contribution in [1.82, 2.24) is 9.97 Å². The lowest BCUT2D eigenvalue weighted by atomic mass is 10.3. The van der Waals surface area contributed by atoms with E-state index in [0.29, 0.717) is 11.1 Å². The average molecular weight is 229 g/mol. The molecule has 0 aliphatic heterocycles. The smallest absolute Gasteiger partial charge is 0.136 e. The van der Waals surface area contributed by atoms with Crippen LogP contribution in [0, 0.1) is 6.92 Å². The molecule has 14 heavy (non-hydrogen) atoms. The van der Waals surface area contributed by atoms with Crippen molar-refractivity contribution in [2.24, 2.45) is 0 Å². The van der Waals surface area contributed by atoms with Crippen molar-refractivity contribution in [3.05, 3.63) is 16.5 Å². The van der Waals surface area contributed by atoms with E-state index in [4.69, 9.17) is 11.6 Å². The van der Waals surface area contributed by atoms with Gasteiger partial charge in [0.05, 0.1) is 0 Å². The van der Waals surface area contributed by atoms with Crippen molar-refractivity contribution in [2.75, 3.05) is 5.75 Å². The first-order chi connectivity index (χ1) is 6.72. The number of hydrogen-bond acceptors (Lipinski definition) is 3. The van der Waals surface area contributed by atoms with Crippen LogP contribution in [0.3, 0.4) is 0 Å². The molecule has 1 saturated carbocycles. The highest BCUT2D eigenvalue weighted by molar-refractivity contribution is 7.99. The van der Waals surface area contributed by atoms with Gasteiger partial charge in [-0.25, -0.2) is 9.97 Å². The Labute approximate surface area is 93.5 Å². The lowest BCUT2D eigenvalue weighted by Gasteiger charge is -2.06. The summed E-state index contributed by atoms with van der Waals surface area (Å²) in [4.78, 5) is 8.87. The molecule has 1 aromatic heterocycles. The minimum Gasteiger partial charge on any atom is -0.226 e. The molecule has 0 radical (unpaired) electrons. The third-order valence-corrected chi connectivity index (χ3v) is 3.61. The molecule has 0 N–H and O–H groups in total. The molecule has 1 aromatic rings. The minimum absolute atomic E-state index is 0.573. The standard InChI is InChI=1S/C10H13ClN2S/c1-3-14-10-6(2)8(11)12-9(13-10)7-4-5-7/h7H,3-5H2,1-2H3. The van der Waals surface area contributed by atoms with Crippen molar-refractivity contribution in [1.29, 1.82) is 0 Å². The lowest BCUT2D eigenvalue weighted by Crippen LogP contribution is -1.98. The van der Waals surface area contributed by atoms with Gasteiger partial charge in [0.25, 0.3) is 0 Å². The molecule has 0 bridgehead atoms. The maximum Gasteiger partial charge on any atom is 0.136 e. The van der Waals surface area contributed by atoms with Gasteiger partial charge >= 0.3 is 0 Å². The first-order valence-electron chi connectivity index (χ1n) is 4.89. The topological polar surface area (TPSA) is 25.8 Å². The van der Waals surface area contributed by atoms with Crippen LogP contribution in [0.15, 0.2) is 5.03 Å². The number of rotatable bonds is 3. The monoisotopic (exact) mass is 228 g/mol. The zero-order chi connectivity index (χ0) is 10.1. The summed E-state index contributed by atoms with van der Waals surface area (Å²) in [6, 6.07) is 0. The van der Waals surface area contributed by atoms with Gasteiger partial charge in [-0.05, 0) is 25.5 Å². The number of halogens is 1. The fourth-order valence-electron chi connectivity index (χ4n) is 1.29. The highest BCUT2D eigenvalue weighted by atomic mass is 35.5. The van der Waals surface area contributed by atoms with E-state index in [-0.39, 0.29) is 0 Å². The second-order valence-corrected chi connectivity index (χ2v) is 5.12. The Balaban J connectivity index is 2.35. The number of nitrogens with zero attached hydrogens (tertiary/aromatic N) is 2. The Bertz CT molecular complexity index is 350. The van der Waals surface area contributed by atoms with Crippen molar-refractivity contribution >= 4 is 23.4 Å². The van der Waals surface area contributed by atoms with Crippen molar-refractivity contribution in [3.63, 3.8) is 0 Å². The van der Waals surface area contributed by atoms with E-state index in [9.17, 15) is 0 Å². The van der Waals surface area contributed by atoms with E-state index in [1.807, 2.05) is 6.92 Å². The van der Waals surface area contributed by atoms with Gasteiger partial charge in [0.2, 0.25) is 0 Å². The van der Waals surface area contributed by atoms with Crippen LogP contribution in [0.25, 0.3) is 0 Å². The molecule has 2 nitrogen and oxygen atoms in total. The van der Waals surface area contributed by atoms with Crippen LogP contribution in [0.4, 0.5) is 0 Å². The van der Waals surface area contributed by atoms with Gasteiger partial charge in [0, 0.05) is 11.5 Å². The van der Waals surface area contributed by atoms with Crippen LogP contribution in [0.2, 0.25) is 5.15 Å². The Hall–Kier alpha value is -0.280. The molecule has 0 spiro atoms. The summed E-state index contributed by atoms with van der Waals surface area (Å²) in [7, 11) is 0. The third kappa shape index (κ3) is 2.04. The summed E-state index contributed by atoms with van der Waals surface area (Å²) in [5.41, 5.74) is 1.02. The van der Waals surface area contributed by atoms with Crippen molar-refractivity contribution in [3.8, 4) is 0 Å². The highest BCUT2D eigenvalue weighted by Gasteiger charge is 2.27. The van der Waals surface area contributed by atoms with Crippen molar-refractivity contribution in [2.45, 2.75) is 37.6 Å². The Morgan fingerprint density at radius 3 is 2.71 bits per heavy atom. The SMILES string of the molecule is CCSc1nc(C2CC2)nc(Cl)c1C. The molecule has 0 unspecified atom stereocenters. The van der Waals surface area contributed by atoms with E-state index in [0.717, 1.165) is 22.2 Å². The fourth-order valence-corrected chi connectivity index (χ4v) is 2.26. The summed E-state index contributed by atoms with van der Waals surface area (Å²) in [6.07, 6.45) is 2.44. The van der Waals surface area contributed by atoms with Crippen LogP contribution in [0.5, 0.6) is 0 Å². The molecule has 0 amide bonds. The molecule has 0 saturated heterocycles. The zero-order valence-electron chi connectivity index (χ0n) is 8.38. The Morgan fingerprint density at radius 2 is 2.14 bits per heavy atom. The van der Waals surface area contributed by atoms with E-state index < -0.39 is 0 Å². The van der Waals surface area contributed by atoms with Crippen LogP contribution >= 0.6 is 23.4 Å². The van der Waals surface area contributed by atoms with Crippen LogP contribution in [0.1, 0.15) is 37.1 Å². The Morgan fingerprint density at radius 1 is 1.43 bits per heavy atom. The minimum atomic E-state index is 0.573. The maximum atomic E-state index is 6.06. The predicted molar refractivity (Wildman–Crippen MR) is 60.2 cm³/mol. The van der Waals surface area contributed by atoms with Gasteiger partial charge in [0.1, 0.15) is 16.0 Å². The van der Waals surface area contributed by atoms with Gasteiger partial charge in [-0.3, -0.25) is 0 Å². The van der Waals surface area contributed by atoms with Crippen molar-refractivity contribution < 1.29 is 0 Å². The molecule has 1 fully saturated rings. The largest absolute Gasteiger partial charge is 0.226 e. The number of hydrogen-bond donors (Lipinski definition) is 0. The molecular formula is C10H13ClN2S. The fraction of sp³-hybridized carbons (Fsp3) is 0.600. The van der Waals surface area contributed by atoms with Gasteiger partial charge in [-0.1, -0.05) is 18.5 Å². The van der Waals surface area contributed by atoms with E-state index in [1.165, 1.54) is 12.8 Å². The molecule has 1 aliphatic carbocycles. The quantitative estimate of drug-likeness (QED) is 0.586. The van der Waals surface area contributed by atoms with Crippen LogP contribution < -0.4 is 0 Å². The Kier molecular flexibility index (Phi) is 2.98. The molecule has 4 heteroatoms.